The number of aryl methyl sites for hydroxylation is 2. The van der Waals surface area contributed by atoms with Crippen LogP contribution >= 0.6 is 0 Å². The fraction of sp³-hybridized carbons (Fsp3) is 0.400. The number of hydrogen-bond acceptors (Lipinski definition) is 6. The lowest BCUT2D eigenvalue weighted by Crippen LogP contribution is -2.44. The predicted molar refractivity (Wildman–Crippen MR) is 120 cm³/mol. The summed E-state index contributed by atoms with van der Waals surface area (Å²) in [4.78, 5) is 15.2. The van der Waals surface area contributed by atoms with Crippen molar-refractivity contribution in [3.8, 4) is 17.2 Å². The van der Waals surface area contributed by atoms with Crippen LogP contribution in [0.2, 0.25) is 0 Å². The number of halogens is 3. The summed E-state index contributed by atoms with van der Waals surface area (Å²) in [5, 5.41) is 10.4. The van der Waals surface area contributed by atoms with E-state index in [1.165, 1.54) is 12.1 Å². The van der Waals surface area contributed by atoms with Crippen LogP contribution in [0.3, 0.4) is 0 Å². The highest BCUT2D eigenvalue weighted by Gasteiger charge is 2.41. The lowest BCUT2D eigenvalue weighted by atomic mass is 10.1. The standard InChI is InChI=1S/C25H26F3NO5/c1-13-7-14(2)9-17(8-13)33-23-21(31)18-5-6-20(30)19(22(18)34-24(23)25(26,27)28)12-29-10-15(3)32-16(4)11-29/h5-9,15-16,30H,10-12H2,1-4H3. The molecule has 2 unspecified atom stereocenters. The van der Waals surface area contributed by atoms with Crippen molar-refractivity contribution >= 4 is 11.0 Å². The first kappa shape index (κ1) is 24.1. The number of phenolic OH excluding ortho intramolecular Hbond substituents is 1. The Morgan fingerprint density at radius 2 is 1.71 bits per heavy atom. The Morgan fingerprint density at radius 3 is 2.29 bits per heavy atom. The van der Waals surface area contributed by atoms with Crippen LogP contribution in [-0.4, -0.2) is 35.3 Å². The van der Waals surface area contributed by atoms with Crippen LogP contribution in [0.15, 0.2) is 39.5 Å². The van der Waals surface area contributed by atoms with E-state index in [1.54, 1.807) is 26.0 Å². The van der Waals surface area contributed by atoms with Gasteiger partial charge in [-0.15, -0.1) is 0 Å². The Morgan fingerprint density at radius 1 is 1.09 bits per heavy atom. The summed E-state index contributed by atoms with van der Waals surface area (Å²) in [7, 11) is 0. The first-order chi connectivity index (χ1) is 15.9. The summed E-state index contributed by atoms with van der Waals surface area (Å²) in [5.41, 5.74) is 0.388. The zero-order valence-electron chi connectivity index (χ0n) is 19.3. The van der Waals surface area contributed by atoms with Crippen molar-refractivity contribution in [2.45, 2.75) is 52.6 Å². The number of nitrogens with zero attached hydrogens (tertiary/aromatic N) is 1. The van der Waals surface area contributed by atoms with Gasteiger partial charge >= 0.3 is 6.18 Å². The molecule has 0 saturated carbocycles. The third kappa shape index (κ3) is 4.90. The maximum Gasteiger partial charge on any atom is 0.453 e. The molecule has 1 fully saturated rings. The molecule has 2 heterocycles. The number of rotatable bonds is 4. The Labute approximate surface area is 194 Å². The van der Waals surface area contributed by atoms with E-state index in [-0.39, 0.29) is 46.8 Å². The van der Waals surface area contributed by atoms with Gasteiger partial charge in [-0.1, -0.05) is 6.07 Å². The molecular weight excluding hydrogens is 451 g/mol. The molecule has 1 aliphatic rings. The van der Waals surface area contributed by atoms with Crippen LogP contribution in [0.4, 0.5) is 13.2 Å². The second-order valence-electron chi connectivity index (χ2n) is 8.90. The molecule has 182 valence electrons. The van der Waals surface area contributed by atoms with E-state index in [4.69, 9.17) is 13.9 Å². The molecule has 4 rings (SSSR count). The molecule has 0 aliphatic carbocycles. The summed E-state index contributed by atoms with van der Waals surface area (Å²) in [6.07, 6.45) is -5.17. The fourth-order valence-electron chi connectivity index (χ4n) is 4.47. The van der Waals surface area contributed by atoms with Gasteiger partial charge in [0.05, 0.1) is 23.2 Å². The maximum absolute atomic E-state index is 14.0. The van der Waals surface area contributed by atoms with Gasteiger partial charge in [-0.05, 0) is 63.1 Å². The molecule has 0 spiro atoms. The second kappa shape index (κ2) is 8.96. The number of fused-ring (bicyclic) bond motifs is 1. The Balaban J connectivity index is 1.86. The average Bonchev–Trinajstić information content (AvgIpc) is 2.69. The molecule has 1 N–H and O–H groups in total. The largest absolute Gasteiger partial charge is 0.507 e. The molecule has 0 amide bonds. The smallest absolute Gasteiger partial charge is 0.453 e. The van der Waals surface area contributed by atoms with Crippen LogP contribution in [0.25, 0.3) is 11.0 Å². The zero-order valence-corrected chi connectivity index (χ0v) is 19.3. The lowest BCUT2D eigenvalue weighted by molar-refractivity contribution is -0.154. The molecule has 3 aromatic rings. The van der Waals surface area contributed by atoms with Crippen molar-refractivity contribution in [1.82, 2.24) is 4.90 Å². The molecule has 1 aromatic heterocycles. The van der Waals surface area contributed by atoms with Gasteiger partial charge in [0.15, 0.2) is 0 Å². The molecular formula is C25H26F3NO5. The first-order valence-electron chi connectivity index (χ1n) is 10.9. The first-order valence-corrected chi connectivity index (χ1v) is 10.9. The lowest BCUT2D eigenvalue weighted by Gasteiger charge is -2.35. The quantitative estimate of drug-likeness (QED) is 0.532. The minimum absolute atomic E-state index is 0.0867. The molecule has 2 atom stereocenters. The monoisotopic (exact) mass is 477 g/mol. The van der Waals surface area contributed by atoms with Crippen molar-refractivity contribution in [1.29, 1.82) is 0 Å². The van der Waals surface area contributed by atoms with Gasteiger partial charge in [-0.3, -0.25) is 9.69 Å². The number of aromatic hydroxyl groups is 1. The van der Waals surface area contributed by atoms with Gasteiger partial charge < -0.3 is 19.0 Å². The van der Waals surface area contributed by atoms with Crippen molar-refractivity contribution in [3.63, 3.8) is 0 Å². The molecule has 2 aromatic carbocycles. The van der Waals surface area contributed by atoms with Crippen LogP contribution in [0.1, 0.15) is 36.3 Å². The van der Waals surface area contributed by atoms with Gasteiger partial charge in [0.1, 0.15) is 17.1 Å². The summed E-state index contributed by atoms with van der Waals surface area (Å²) < 4.78 is 58.5. The minimum Gasteiger partial charge on any atom is -0.507 e. The van der Waals surface area contributed by atoms with E-state index in [0.29, 0.717) is 13.1 Å². The molecule has 0 radical (unpaired) electrons. The van der Waals surface area contributed by atoms with Gasteiger partial charge in [0.25, 0.3) is 5.76 Å². The number of ether oxygens (including phenoxy) is 2. The molecule has 6 nitrogen and oxygen atoms in total. The van der Waals surface area contributed by atoms with Gasteiger partial charge in [0, 0.05) is 19.6 Å². The third-order valence-corrected chi connectivity index (χ3v) is 5.65. The SMILES string of the molecule is Cc1cc(C)cc(Oc2c(C(F)(F)F)oc3c(CN4CC(C)OC(C)C4)c(O)ccc3c2=O)c1. The average molecular weight is 477 g/mol. The van der Waals surface area contributed by atoms with Crippen LogP contribution in [0.5, 0.6) is 17.2 Å². The van der Waals surface area contributed by atoms with E-state index in [1.807, 2.05) is 24.8 Å². The number of morpholine rings is 1. The van der Waals surface area contributed by atoms with Crippen LogP contribution < -0.4 is 10.2 Å². The summed E-state index contributed by atoms with van der Waals surface area (Å²) in [6, 6.07) is 7.46. The number of hydrogen-bond donors (Lipinski definition) is 1. The summed E-state index contributed by atoms with van der Waals surface area (Å²) >= 11 is 0. The summed E-state index contributed by atoms with van der Waals surface area (Å²) in [5.74, 6) is -2.63. The number of alkyl halides is 3. The van der Waals surface area contributed by atoms with E-state index < -0.39 is 23.1 Å². The highest BCUT2D eigenvalue weighted by atomic mass is 19.4. The maximum atomic E-state index is 14.0. The molecule has 0 bridgehead atoms. The van der Waals surface area contributed by atoms with Crippen LogP contribution in [-0.2, 0) is 17.5 Å². The number of phenols is 1. The topological polar surface area (TPSA) is 72.1 Å². The van der Waals surface area contributed by atoms with Crippen molar-refractivity contribution in [2.24, 2.45) is 0 Å². The Kier molecular flexibility index (Phi) is 6.35. The van der Waals surface area contributed by atoms with Gasteiger partial charge in [-0.2, -0.15) is 13.2 Å². The zero-order chi connectivity index (χ0) is 24.8. The highest BCUT2D eigenvalue weighted by Crippen LogP contribution is 2.40. The van der Waals surface area contributed by atoms with Gasteiger partial charge in [-0.25, -0.2) is 0 Å². The van der Waals surface area contributed by atoms with E-state index in [0.717, 1.165) is 11.1 Å². The Hall–Kier alpha value is -3.04. The van der Waals surface area contributed by atoms with Crippen molar-refractivity contribution in [3.05, 3.63) is 63.0 Å². The van der Waals surface area contributed by atoms with Crippen molar-refractivity contribution in [2.75, 3.05) is 13.1 Å². The molecule has 1 saturated heterocycles. The molecule has 9 heteroatoms. The van der Waals surface area contributed by atoms with Crippen LogP contribution in [0, 0.1) is 13.8 Å². The second-order valence-corrected chi connectivity index (χ2v) is 8.90. The van der Waals surface area contributed by atoms with E-state index in [9.17, 15) is 23.1 Å². The predicted octanol–water partition coefficient (Wildman–Crippen LogP) is 5.54. The van der Waals surface area contributed by atoms with E-state index >= 15 is 0 Å². The Bertz CT molecular complexity index is 1250. The van der Waals surface area contributed by atoms with Gasteiger partial charge in [0.2, 0.25) is 11.2 Å². The minimum atomic E-state index is -4.99. The number of benzene rings is 2. The highest BCUT2D eigenvalue weighted by molar-refractivity contribution is 5.83. The van der Waals surface area contributed by atoms with E-state index in [2.05, 4.69) is 0 Å². The normalized spacial score (nSPS) is 19.5. The molecule has 34 heavy (non-hydrogen) atoms. The fourth-order valence-corrected chi connectivity index (χ4v) is 4.47. The summed E-state index contributed by atoms with van der Waals surface area (Å²) in [6.45, 7) is 8.47. The van der Waals surface area contributed by atoms with Crippen molar-refractivity contribution < 1.29 is 32.2 Å². The molecule has 1 aliphatic heterocycles. The third-order valence-electron chi connectivity index (χ3n) is 5.65.